The molecule has 0 aliphatic carbocycles. The fourth-order valence-electron chi connectivity index (χ4n) is 2.11. The van der Waals surface area contributed by atoms with Crippen LogP contribution in [-0.4, -0.2) is 40.5 Å². The minimum absolute atomic E-state index is 0.0906. The van der Waals surface area contributed by atoms with Crippen LogP contribution in [0.5, 0.6) is 11.5 Å². The Hall–Kier alpha value is -1.56. The average Bonchev–Trinajstić information content (AvgIpc) is 2.53. The predicted molar refractivity (Wildman–Crippen MR) is 85.4 cm³/mol. The molecule has 0 saturated heterocycles. The minimum Gasteiger partial charge on any atom is -0.497 e. The molecule has 0 saturated carbocycles. The molecule has 0 atom stereocenters. The van der Waals surface area contributed by atoms with Gasteiger partial charge < -0.3 is 23.3 Å². The van der Waals surface area contributed by atoms with Crippen molar-refractivity contribution >= 4 is 13.6 Å². The highest BCUT2D eigenvalue weighted by atomic mass is 31.2. The minimum atomic E-state index is -3.40. The second-order valence-electron chi connectivity index (χ2n) is 4.46. The van der Waals surface area contributed by atoms with Crippen LogP contribution in [-0.2, 0) is 24.5 Å². The first-order valence-electron chi connectivity index (χ1n) is 7.16. The van der Waals surface area contributed by atoms with E-state index in [2.05, 4.69) is 0 Å². The third kappa shape index (κ3) is 4.96. The van der Waals surface area contributed by atoms with E-state index in [4.69, 9.17) is 23.3 Å². The molecule has 0 spiro atoms. The van der Waals surface area contributed by atoms with Crippen LogP contribution in [0.15, 0.2) is 12.1 Å². The summed E-state index contributed by atoms with van der Waals surface area (Å²) in [5.41, 5.74) is 0.591. The number of hydrogen-bond acceptors (Lipinski definition) is 7. The van der Waals surface area contributed by atoms with Gasteiger partial charge in [-0.3, -0.25) is 4.57 Å². The van der Waals surface area contributed by atoms with Crippen molar-refractivity contribution in [3.05, 3.63) is 23.3 Å². The highest BCUT2D eigenvalue weighted by Crippen LogP contribution is 2.52. The van der Waals surface area contributed by atoms with Crippen molar-refractivity contribution in [1.82, 2.24) is 0 Å². The molecule has 1 aromatic carbocycles. The summed E-state index contributed by atoms with van der Waals surface area (Å²) in [5, 5.41) is 0. The Balaban J connectivity index is 3.41. The molecule has 7 nitrogen and oxygen atoms in total. The fourth-order valence-corrected chi connectivity index (χ4v) is 3.82. The van der Waals surface area contributed by atoms with Crippen LogP contribution >= 0.6 is 7.60 Å². The Morgan fingerprint density at radius 2 is 1.65 bits per heavy atom. The van der Waals surface area contributed by atoms with Gasteiger partial charge in [0.05, 0.1) is 40.7 Å². The van der Waals surface area contributed by atoms with Crippen molar-refractivity contribution < 1.29 is 32.6 Å². The van der Waals surface area contributed by atoms with Crippen molar-refractivity contribution in [3.8, 4) is 11.5 Å². The molecule has 0 radical (unpaired) electrons. The van der Waals surface area contributed by atoms with Crippen LogP contribution in [0.2, 0.25) is 0 Å². The van der Waals surface area contributed by atoms with Crippen LogP contribution in [0.25, 0.3) is 0 Å². The first-order chi connectivity index (χ1) is 10.9. The Morgan fingerprint density at radius 3 is 2.09 bits per heavy atom. The van der Waals surface area contributed by atoms with Gasteiger partial charge in [0, 0.05) is 6.07 Å². The van der Waals surface area contributed by atoms with E-state index in [-0.39, 0.29) is 30.7 Å². The van der Waals surface area contributed by atoms with Gasteiger partial charge in [-0.05, 0) is 25.5 Å². The first-order valence-corrected chi connectivity index (χ1v) is 8.88. The Labute approximate surface area is 136 Å². The van der Waals surface area contributed by atoms with Gasteiger partial charge in [0.2, 0.25) is 0 Å². The van der Waals surface area contributed by atoms with Gasteiger partial charge in [-0.25, -0.2) is 4.79 Å². The lowest BCUT2D eigenvalue weighted by atomic mass is 10.1. The maximum absolute atomic E-state index is 12.8. The number of benzene rings is 1. The first kappa shape index (κ1) is 19.5. The number of carbonyl (C=O) groups excluding carboxylic acids is 1. The number of rotatable bonds is 9. The van der Waals surface area contributed by atoms with E-state index in [0.717, 1.165) is 0 Å². The highest BCUT2D eigenvalue weighted by molar-refractivity contribution is 7.53. The summed E-state index contributed by atoms with van der Waals surface area (Å²) in [6, 6.07) is 3.15. The molecular weight excluding hydrogens is 323 g/mol. The number of hydrogen-bond donors (Lipinski definition) is 0. The zero-order chi connectivity index (χ0) is 17.5. The van der Waals surface area contributed by atoms with Gasteiger partial charge in [-0.15, -0.1) is 0 Å². The van der Waals surface area contributed by atoms with Crippen molar-refractivity contribution in [1.29, 1.82) is 0 Å². The second kappa shape index (κ2) is 8.91. The van der Waals surface area contributed by atoms with E-state index in [0.29, 0.717) is 11.3 Å². The number of ether oxygens (including phenoxy) is 3. The van der Waals surface area contributed by atoms with E-state index in [1.807, 2.05) is 0 Å². The topological polar surface area (TPSA) is 80.3 Å². The van der Waals surface area contributed by atoms with Crippen molar-refractivity contribution in [2.24, 2.45) is 0 Å². The van der Waals surface area contributed by atoms with Crippen LogP contribution in [0.4, 0.5) is 0 Å². The Kier molecular flexibility index (Phi) is 7.55. The van der Waals surface area contributed by atoms with E-state index in [9.17, 15) is 9.36 Å². The largest absolute Gasteiger partial charge is 0.497 e. The molecule has 0 fully saturated rings. The van der Waals surface area contributed by atoms with E-state index >= 15 is 0 Å². The zero-order valence-corrected chi connectivity index (χ0v) is 15.0. The number of esters is 1. The maximum atomic E-state index is 12.8. The summed E-state index contributed by atoms with van der Waals surface area (Å²) >= 11 is 0. The number of methoxy groups -OCH3 is 3. The lowest BCUT2D eigenvalue weighted by Crippen LogP contribution is -2.10. The molecule has 0 unspecified atom stereocenters. The summed E-state index contributed by atoms with van der Waals surface area (Å²) < 4.78 is 38.6. The second-order valence-corrected chi connectivity index (χ2v) is 6.51. The van der Waals surface area contributed by atoms with Gasteiger partial charge >= 0.3 is 13.6 Å². The van der Waals surface area contributed by atoms with Gasteiger partial charge in [-0.2, -0.15) is 0 Å². The summed E-state index contributed by atoms with van der Waals surface area (Å²) in [4.78, 5) is 12.1. The summed E-state index contributed by atoms with van der Waals surface area (Å²) in [6.07, 6.45) is -0.0906. The quantitative estimate of drug-likeness (QED) is 0.501. The van der Waals surface area contributed by atoms with Crippen LogP contribution in [0, 0.1) is 0 Å². The molecule has 8 heteroatoms. The van der Waals surface area contributed by atoms with Crippen LogP contribution in [0.1, 0.15) is 29.8 Å². The fraction of sp³-hybridized carbons (Fsp3) is 0.533. The molecular formula is C15H23O7P. The van der Waals surface area contributed by atoms with Crippen LogP contribution < -0.4 is 9.47 Å². The molecule has 0 aliphatic rings. The van der Waals surface area contributed by atoms with Gasteiger partial charge in [0.15, 0.2) is 0 Å². The maximum Gasteiger partial charge on any atom is 0.341 e. The molecule has 0 heterocycles. The molecule has 0 aromatic heterocycles. The molecule has 1 rings (SSSR count). The van der Waals surface area contributed by atoms with Crippen molar-refractivity contribution in [2.45, 2.75) is 20.0 Å². The summed E-state index contributed by atoms with van der Waals surface area (Å²) in [5.74, 6) is 0.133. The lowest BCUT2D eigenvalue weighted by molar-refractivity contribution is 0.0596. The van der Waals surface area contributed by atoms with Crippen LogP contribution in [0.3, 0.4) is 0 Å². The monoisotopic (exact) mass is 346 g/mol. The Bertz CT molecular complexity index is 575. The predicted octanol–water partition coefficient (Wildman–Crippen LogP) is 3.26. The molecule has 0 bridgehead atoms. The van der Waals surface area contributed by atoms with Crippen molar-refractivity contribution in [2.75, 3.05) is 34.5 Å². The molecule has 1 aromatic rings. The highest BCUT2D eigenvalue weighted by Gasteiger charge is 2.29. The third-order valence-electron chi connectivity index (χ3n) is 3.02. The number of carbonyl (C=O) groups is 1. The lowest BCUT2D eigenvalue weighted by Gasteiger charge is -2.20. The molecule has 0 N–H and O–H groups in total. The van der Waals surface area contributed by atoms with Crippen molar-refractivity contribution in [3.63, 3.8) is 0 Å². The smallest absolute Gasteiger partial charge is 0.341 e. The zero-order valence-electron chi connectivity index (χ0n) is 14.1. The molecule has 0 aliphatic heterocycles. The summed E-state index contributed by atoms with van der Waals surface area (Å²) in [7, 11) is 0.780. The van der Waals surface area contributed by atoms with Gasteiger partial charge in [0.1, 0.15) is 17.1 Å². The molecule has 0 amide bonds. The SMILES string of the molecule is CCOP(=O)(Cc1cc(OC)cc(OC)c1C(=O)OC)OCC. The van der Waals surface area contributed by atoms with E-state index in [1.54, 1.807) is 26.0 Å². The standard InChI is InChI=1S/C15H23O7P/c1-6-21-23(17,22-7-2)10-11-8-12(18-3)9-13(19-4)14(11)15(16)20-5/h8-9H,6-7,10H2,1-5H3. The average molecular weight is 346 g/mol. The normalized spacial score (nSPS) is 11.2. The molecule has 23 heavy (non-hydrogen) atoms. The third-order valence-corrected chi connectivity index (χ3v) is 5.05. The van der Waals surface area contributed by atoms with E-state index in [1.165, 1.54) is 21.3 Å². The van der Waals surface area contributed by atoms with E-state index < -0.39 is 13.6 Å². The van der Waals surface area contributed by atoms with Gasteiger partial charge in [0.25, 0.3) is 0 Å². The Morgan fingerprint density at radius 1 is 1.04 bits per heavy atom. The summed E-state index contributed by atoms with van der Waals surface area (Å²) in [6.45, 7) is 3.90. The van der Waals surface area contributed by atoms with Gasteiger partial charge in [-0.1, -0.05) is 0 Å². The molecule has 130 valence electrons.